The van der Waals surface area contributed by atoms with Crippen molar-refractivity contribution in [2.75, 3.05) is 12.3 Å². The standard InChI is InChI=1S/C16H18BrFN2/c1-2-20(10-12-5-3-7-14(19)9-12)11-13-6-4-8-15(18)16(13)17/h3-9H,2,10-11,19H2,1H3. The van der Waals surface area contributed by atoms with Gasteiger partial charge in [-0.1, -0.05) is 31.2 Å². The second kappa shape index (κ2) is 6.86. The van der Waals surface area contributed by atoms with Gasteiger partial charge in [0.2, 0.25) is 0 Å². The smallest absolute Gasteiger partial charge is 0.137 e. The molecule has 106 valence electrons. The van der Waals surface area contributed by atoms with Crippen molar-refractivity contribution in [2.45, 2.75) is 20.0 Å². The van der Waals surface area contributed by atoms with Crippen molar-refractivity contribution in [1.82, 2.24) is 4.90 Å². The van der Waals surface area contributed by atoms with Crippen molar-refractivity contribution in [2.24, 2.45) is 0 Å². The monoisotopic (exact) mass is 336 g/mol. The van der Waals surface area contributed by atoms with Crippen molar-refractivity contribution in [3.63, 3.8) is 0 Å². The highest BCUT2D eigenvalue weighted by Gasteiger charge is 2.10. The summed E-state index contributed by atoms with van der Waals surface area (Å²) in [6.45, 7) is 4.48. The van der Waals surface area contributed by atoms with E-state index in [0.29, 0.717) is 11.0 Å². The molecule has 0 aromatic heterocycles. The van der Waals surface area contributed by atoms with E-state index in [1.54, 1.807) is 6.07 Å². The minimum Gasteiger partial charge on any atom is -0.399 e. The Bertz CT molecular complexity index is 586. The topological polar surface area (TPSA) is 29.3 Å². The van der Waals surface area contributed by atoms with Gasteiger partial charge >= 0.3 is 0 Å². The van der Waals surface area contributed by atoms with Gasteiger partial charge in [0.15, 0.2) is 0 Å². The summed E-state index contributed by atoms with van der Waals surface area (Å²) >= 11 is 3.31. The van der Waals surface area contributed by atoms with Crippen LogP contribution in [0.2, 0.25) is 0 Å². The Kier molecular flexibility index (Phi) is 5.15. The van der Waals surface area contributed by atoms with Crippen molar-refractivity contribution in [3.8, 4) is 0 Å². The first-order valence-corrected chi connectivity index (χ1v) is 7.39. The fourth-order valence-electron chi connectivity index (χ4n) is 2.14. The molecule has 0 heterocycles. The van der Waals surface area contributed by atoms with Crippen LogP contribution >= 0.6 is 15.9 Å². The van der Waals surface area contributed by atoms with Gasteiger partial charge in [0.05, 0.1) is 4.47 Å². The van der Waals surface area contributed by atoms with Gasteiger partial charge in [0, 0.05) is 18.8 Å². The number of nitrogens with zero attached hydrogens (tertiary/aromatic N) is 1. The average molecular weight is 337 g/mol. The number of nitrogens with two attached hydrogens (primary N) is 1. The fraction of sp³-hybridized carbons (Fsp3) is 0.250. The zero-order chi connectivity index (χ0) is 14.5. The number of benzene rings is 2. The first kappa shape index (κ1) is 15.0. The maximum atomic E-state index is 13.5. The highest BCUT2D eigenvalue weighted by Crippen LogP contribution is 2.22. The molecule has 0 saturated carbocycles. The molecule has 0 atom stereocenters. The van der Waals surface area contributed by atoms with Gasteiger partial charge < -0.3 is 5.73 Å². The molecule has 0 amide bonds. The van der Waals surface area contributed by atoms with Gasteiger partial charge in [0.1, 0.15) is 5.82 Å². The Hall–Kier alpha value is -1.39. The molecule has 0 saturated heterocycles. The largest absolute Gasteiger partial charge is 0.399 e. The summed E-state index contributed by atoms with van der Waals surface area (Å²) in [6, 6.07) is 13.0. The molecule has 2 nitrogen and oxygen atoms in total. The normalized spacial score (nSPS) is 11.0. The van der Waals surface area contributed by atoms with Crippen LogP contribution in [0.4, 0.5) is 10.1 Å². The van der Waals surface area contributed by atoms with Crippen LogP contribution in [0.25, 0.3) is 0 Å². The molecule has 0 aliphatic heterocycles. The molecule has 2 N–H and O–H groups in total. The fourth-order valence-corrected chi connectivity index (χ4v) is 2.53. The Balaban J connectivity index is 2.11. The summed E-state index contributed by atoms with van der Waals surface area (Å²) in [5.41, 5.74) is 8.69. The molecule has 20 heavy (non-hydrogen) atoms. The van der Waals surface area contributed by atoms with Gasteiger partial charge in [-0.3, -0.25) is 4.90 Å². The first-order valence-electron chi connectivity index (χ1n) is 6.59. The number of hydrogen-bond acceptors (Lipinski definition) is 2. The molecule has 4 heteroatoms. The van der Waals surface area contributed by atoms with E-state index in [2.05, 4.69) is 33.8 Å². The minimum absolute atomic E-state index is 0.220. The predicted octanol–water partition coefficient (Wildman–Crippen LogP) is 4.19. The van der Waals surface area contributed by atoms with Crippen LogP contribution in [0.1, 0.15) is 18.1 Å². The lowest BCUT2D eigenvalue weighted by atomic mass is 10.1. The summed E-state index contributed by atoms with van der Waals surface area (Å²) in [7, 11) is 0. The Morgan fingerprint density at radius 2 is 1.90 bits per heavy atom. The first-order chi connectivity index (χ1) is 9.60. The molecule has 0 aliphatic rings. The Morgan fingerprint density at radius 3 is 2.60 bits per heavy atom. The van der Waals surface area contributed by atoms with Crippen LogP contribution in [-0.4, -0.2) is 11.4 Å². The van der Waals surface area contributed by atoms with Crippen LogP contribution in [0, 0.1) is 5.82 Å². The molecule has 0 fully saturated rings. The SMILES string of the molecule is CCN(Cc1cccc(N)c1)Cc1cccc(F)c1Br. The molecule has 0 unspecified atom stereocenters. The van der Waals surface area contributed by atoms with Crippen molar-refractivity contribution < 1.29 is 4.39 Å². The van der Waals surface area contributed by atoms with E-state index >= 15 is 0 Å². The summed E-state index contributed by atoms with van der Waals surface area (Å²) in [5.74, 6) is -0.220. The van der Waals surface area contributed by atoms with Crippen LogP contribution < -0.4 is 5.73 Å². The Labute approximate surface area is 127 Å². The molecule has 0 bridgehead atoms. The van der Waals surface area contributed by atoms with Gasteiger partial charge in [0.25, 0.3) is 0 Å². The predicted molar refractivity (Wildman–Crippen MR) is 84.7 cm³/mol. The highest BCUT2D eigenvalue weighted by molar-refractivity contribution is 9.10. The maximum absolute atomic E-state index is 13.5. The molecule has 2 aromatic rings. The van der Waals surface area contributed by atoms with Crippen molar-refractivity contribution >= 4 is 21.6 Å². The lowest BCUT2D eigenvalue weighted by molar-refractivity contribution is 0.270. The second-order valence-electron chi connectivity index (χ2n) is 4.76. The minimum atomic E-state index is -0.220. The van der Waals surface area contributed by atoms with Gasteiger partial charge in [-0.05, 0) is 51.8 Å². The summed E-state index contributed by atoms with van der Waals surface area (Å²) in [4.78, 5) is 2.24. The van der Waals surface area contributed by atoms with E-state index < -0.39 is 0 Å². The van der Waals surface area contributed by atoms with Crippen LogP contribution in [0.15, 0.2) is 46.9 Å². The summed E-state index contributed by atoms with van der Waals surface area (Å²) < 4.78 is 14.1. The van der Waals surface area contributed by atoms with Crippen LogP contribution in [-0.2, 0) is 13.1 Å². The van der Waals surface area contributed by atoms with Gasteiger partial charge in [-0.25, -0.2) is 4.39 Å². The van der Waals surface area contributed by atoms with Crippen molar-refractivity contribution in [3.05, 3.63) is 63.9 Å². The third-order valence-corrected chi connectivity index (χ3v) is 4.12. The Morgan fingerprint density at radius 1 is 1.15 bits per heavy atom. The summed E-state index contributed by atoms with van der Waals surface area (Å²) in [5, 5.41) is 0. The quantitative estimate of drug-likeness (QED) is 0.829. The lowest BCUT2D eigenvalue weighted by Gasteiger charge is -2.21. The number of anilines is 1. The van der Waals surface area contributed by atoms with E-state index in [1.807, 2.05) is 24.3 Å². The lowest BCUT2D eigenvalue weighted by Crippen LogP contribution is -2.22. The maximum Gasteiger partial charge on any atom is 0.137 e. The average Bonchev–Trinajstić information content (AvgIpc) is 2.43. The zero-order valence-corrected chi connectivity index (χ0v) is 13.0. The number of halogens is 2. The van der Waals surface area contributed by atoms with Crippen molar-refractivity contribution in [1.29, 1.82) is 0 Å². The third-order valence-electron chi connectivity index (χ3n) is 3.23. The summed E-state index contributed by atoms with van der Waals surface area (Å²) in [6.07, 6.45) is 0. The van der Waals surface area contributed by atoms with E-state index in [1.165, 1.54) is 11.6 Å². The molecule has 0 aliphatic carbocycles. The molecular weight excluding hydrogens is 319 g/mol. The van der Waals surface area contributed by atoms with E-state index in [-0.39, 0.29) is 5.82 Å². The van der Waals surface area contributed by atoms with Gasteiger partial charge in [-0.2, -0.15) is 0 Å². The van der Waals surface area contributed by atoms with Gasteiger partial charge in [-0.15, -0.1) is 0 Å². The number of hydrogen-bond donors (Lipinski definition) is 1. The third kappa shape index (κ3) is 3.81. The number of rotatable bonds is 5. The molecular formula is C16H18BrFN2. The van der Waals surface area contributed by atoms with E-state index in [9.17, 15) is 4.39 Å². The second-order valence-corrected chi connectivity index (χ2v) is 5.55. The molecule has 0 spiro atoms. The van der Waals surface area contributed by atoms with E-state index in [0.717, 1.165) is 24.3 Å². The molecule has 0 radical (unpaired) electrons. The van der Waals surface area contributed by atoms with Crippen LogP contribution in [0.5, 0.6) is 0 Å². The molecule has 2 rings (SSSR count). The molecule has 2 aromatic carbocycles. The van der Waals surface area contributed by atoms with Crippen LogP contribution in [0.3, 0.4) is 0 Å². The van der Waals surface area contributed by atoms with E-state index in [4.69, 9.17) is 5.73 Å². The number of nitrogen functional groups attached to an aromatic ring is 1. The highest BCUT2D eigenvalue weighted by atomic mass is 79.9. The zero-order valence-electron chi connectivity index (χ0n) is 11.4.